The van der Waals surface area contributed by atoms with Gasteiger partial charge in [0.05, 0.1) is 18.3 Å². The molecular formula is C10H16N4O. The topological polar surface area (TPSA) is 80.9 Å². The van der Waals surface area contributed by atoms with Crippen LogP contribution in [0.5, 0.6) is 0 Å². The summed E-state index contributed by atoms with van der Waals surface area (Å²) in [5.41, 5.74) is 6.37. The summed E-state index contributed by atoms with van der Waals surface area (Å²) in [6, 6.07) is 3.16. The van der Waals surface area contributed by atoms with Crippen LogP contribution in [0.1, 0.15) is 25.5 Å². The van der Waals surface area contributed by atoms with Crippen molar-refractivity contribution in [3.63, 3.8) is 0 Å². The summed E-state index contributed by atoms with van der Waals surface area (Å²) in [5.74, 6) is -0.137. The Balaban J connectivity index is 2.34. The van der Waals surface area contributed by atoms with Gasteiger partial charge in [-0.1, -0.05) is 13.3 Å². The molecule has 0 saturated carbocycles. The van der Waals surface area contributed by atoms with Gasteiger partial charge < -0.3 is 11.1 Å². The Morgan fingerprint density at radius 2 is 2.47 bits per heavy atom. The fraction of sp³-hybridized carbons (Fsp3) is 0.500. The molecule has 0 bridgehead atoms. The van der Waals surface area contributed by atoms with Crippen molar-refractivity contribution in [2.75, 3.05) is 0 Å². The molecule has 1 atom stereocenters. The second-order valence-electron chi connectivity index (χ2n) is 3.33. The normalized spacial score (nSPS) is 12.1. The van der Waals surface area contributed by atoms with Crippen LogP contribution in [-0.2, 0) is 11.3 Å². The minimum Gasteiger partial charge on any atom is -0.349 e. The van der Waals surface area contributed by atoms with E-state index in [1.165, 1.54) is 0 Å². The Bertz CT molecular complexity index is 302. The molecule has 1 rings (SSSR count). The summed E-state index contributed by atoms with van der Waals surface area (Å²) < 4.78 is 0. The highest BCUT2D eigenvalue weighted by Gasteiger charge is 2.11. The van der Waals surface area contributed by atoms with Crippen molar-refractivity contribution in [3.8, 4) is 0 Å². The van der Waals surface area contributed by atoms with Crippen LogP contribution < -0.4 is 11.1 Å². The van der Waals surface area contributed by atoms with Gasteiger partial charge in [-0.05, 0) is 18.6 Å². The first kappa shape index (κ1) is 11.6. The monoisotopic (exact) mass is 208 g/mol. The second-order valence-corrected chi connectivity index (χ2v) is 3.33. The Morgan fingerprint density at radius 1 is 1.67 bits per heavy atom. The zero-order chi connectivity index (χ0) is 11.1. The molecule has 1 heterocycles. The molecule has 0 aliphatic rings. The molecule has 0 fully saturated rings. The highest BCUT2D eigenvalue weighted by atomic mass is 16.2. The molecule has 0 aromatic carbocycles. The van der Waals surface area contributed by atoms with Crippen molar-refractivity contribution >= 4 is 5.91 Å². The van der Waals surface area contributed by atoms with E-state index in [0.717, 1.165) is 12.1 Å². The quantitative estimate of drug-likeness (QED) is 0.725. The maximum atomic E-state index is 11.4. The van der Waals surface area contributed by atoms with Gasteiger partial charge in [0.15, 0.2) is 0 Å². The van der Waals surface area contributed by atoms with Crippen molar-refractivity contribution in [3.05, 3.63) is 24.0 Å². The molecule has 82 valence electrons. The molecule has 0 radical (unpaired) electrons. The first-order chi connectivity index (χ1) is 7.24. The Hall–Kier alpha value is -1.49. The van der Waals surface area contributed by atoms with Crippen LogP contribution in [0.25, 0.3) is 0 Å². The van der Waals surface area contributed by atoms with Gasteiger partial charge in [-0.2, -0.15) is 10.2 Å². The van der Waals surface area contributed by atoms with Crippen LogP contribution in [0.2, 0.25) is 0 Å². The molecule has 15 heavy (non-hydrogen) atoms. The molecule has 0 aliphatic carbocycles. The van der Waals surface area contributed by atoms with Crippen LogP contribution in [-0.4, -0.2) is 22.1 Å². The molecule has 0 saturated heterocycles. The van der Waals surface area contributed by atoms with Gasteiger partial charge in [-0.15, -0.1) is 0 Å². The fourth-order valence-corrected chi connectivity index (χ4v) is 1.18. The van der Waals surface area contributed by atoms with Crippen LogP contribution >= 0.6 is 0 Å². The van der Waals surface area contributed by atoms with Gasteiger partial charge in [0.2, 0.25) is 5.91 Å². The van der Waals surface area contributed by atoms with Gasteiger partial charge in [0, 0.05) is 6.20 Å². The van der Waals surface area contributed by atoms with E-state index in [1.807, 2.05) is 6.92 Å². The van der Waals surface area contributed by atoms with E-state index in [9.17, 15) is 4.79 Å². The third-order valence-corrected chi connectivity index (χ3v) is 2.01. The van der Waals surface area contributed by atoms with Crippen molar-refractivity contribution in [2.24, 2.45) is 5.73 Å². The van der Waals surface area contributed by atoms with Crippen LogP contribution in [0, 0.1) is 0 Å². The number of hydrogen-bond donors (Lipinski definition) is 2. The lowest BCUT2D eigenvalue weighted by Gasteiger charge is -2.10. The fourth-order valence-electron chi connectivity index (χ4n) is 1.18. The molecule has 5 nitrogen and oxygen atoms in total. The van der Waals surface area contributed by atoms with Gasteiger partial charge in [0.1, 0.15) is 0 Å². The molecule has 0 aliphatic heterocycles. The third-order valence-electron chi connectivity index (χ3n) is 2.01. The smallest absolute Gasteiger partial charge is 0.237 e. The second kappa shape index (κ2) is 6.08. The van der Waals surface area contributed by atoms with Crippen molar-refractivity contribution in [1.29, 1.82) is 0 Å². The maximum Gasteiger partial charge on any atom is 0.237 e. The van der Waals surface area contributed by atoms with Crippen molar-refractivity contribution < 1.29 is 4.79 Å². The number of amides is 1. The number of aromatic nitrogens is 2. The van der Waals surface area contributed by atoms with Crippen molar-refractivity contribution in [1.82, 2.24) is 15.5 Å². The lowest BCUT2D eigenvalue weighted by Crippen LogP contribution is -2.40. The summed E-state index contributed by atoms with van der Waals surface area (Å²) in [5, 5.41) is 10.3. The standard InChI is InChI=1S/C10H16N4O/c1-2-4-9(11)10(15)12-7-8-5-3-6-13-14-8/h3,5-6,9H,2,4,7,11H2,1H3,(H,12,15)/t9-/m0/s1. The van der Waals surface area contributed by atoms with E-state index in [1.54, 1.807) is 18.3 Å². The highest BCUT2D eigenvalue weighted by molar-refractivity contribution is 5.81. The SMILES string of the molecule is CCC[C@H](N)C(=O)NCc1cccnn1. The van der Waals surface area contributed by atoms with E-state index in [-0.39, 0.29) is 5.91 Å². The zero-order valence-electron chi connectivity index (χ0n) is 8.81. The summed E-state index contributed by atoms with van der Waals surface area (Å²) in [7, 11) is 0. The molecule has 0 unspecified atom stereocenters. The average Bonchev–Trinajstić information content (AvgIpc) is 2.27. The molecular weight excluding hydrogens is 192 g/mol. The molecule has 0 spiro atoms. The first-order valence-electron chi connectivity index (χ1n) is 5.04. The van der Waals surface area contributed by atoms with Crippen LogP contribution in [0.4, 0.5) is 0 Å². The zero-order valence-corrected chi connectivity index (χ0v) is 8.81. The average molecular weight is 208 g/mol. The molecule has 3 N–H and O–H groups in total. The third kappa shape index (κ3) is 4.03. The molecule has 5 heteroatoms. The summed E-state index contributed by atoms with van der Waals surface area (Å²) in [6.07, 6.45) is 3.19. The lowest BCUT2D eigenvalue weighted by atomic mass is 10.2. The van der Waals surface area contributed by atoms with Gasteiger partial charge in [-0.25, -0.2) is 0 Å². The summed E-state index contributed by atoms with van der Waals surface area (Å²) in [6.45, 7) is 2.37. The van der Waals surface area contributed by atoms with Gasteiger partial charge >= 0.3 is 0 Å². The lowest BCUT2D eigenvalue weighted by molar-refractivity contribution is -0.122. The maximum absolute atomic E-state index is 11.4. The van der Waals surface area contributed by atoms with E-state index in [2.05, 4.69) is 15.5 Å². The Kier molecular flexibility index (Phi) is 4.70. The minimum atomic E-state index is -0.424. The number of rotatable bonds is 5. The van der Waals surface area contributed by atoms with Gasteiger partial charge in [0.25, 0.3) is 0 Å². The van der Waals surface area contributed by atoms with E-state index < -0.39 is 6.04 Å². The first-order valence-corrected chi connectivity index (χ1v) is 5.04. The number of carbonyl (C=O) groups excluding carboxylic acids is 1. The molecule has 1 amide bonds. The molecule has 1 aromatic rings. The predicted octanol–water partition coefficient (Wildman–Crippen LogP) is 0.220. The van der Waals surface area contributed by atoms with E-state index >= 15 is 0 Å². The van der Waals surface area contributed by atoms with Crippen LogP contribution in [0.15, 0.2) is 18.3 Å². The number of nitrogens with one attached hydrogen (secondary N) is 1. The Labute approximate surface area is 89.1 Å². The number of nitrogens with zero attached hydrogens (tertiary/aromatic N) is 2. The summed E-state index contributed by atoms with van der Waals surface area (Å²) in [4.78, 5) is 11.4. The predicted molar refractivity (Wildman–Crippen MR) is 56.8 cm³/mol. The number of carbonyl (C=O) groups is 1. The Morgan fingerprint density at radius 3 is 3.07 bits per heavy atom. The summed E-state index contributed by atoms with van der Waals surface area (Å²) >= 11 is 0. The van der Waals surface area contributed by atoms with E-state index in [0.29, 0.717) is 13.0 Å². The van der Waals surface area contributed by atoms with Crippen LogP contribution in [0.3, 0.4) is 0 Å². The highest BCUT2D eigenvalue weighted by Crippen LogP contribution is 1.94. The minimum absolute atomic E-state index is 0.137. The number of nitrogens with two attached hydrogens (primary N) is 1. The van der Waals surface area contributed by atoms with Gasteiger partial charge in [-0.3, -0.25) is 4.79 Å². The van der Waals surface area contributed by atoms with E-state index in [4.69, 9.17) is 5.73 Å². The molecule has 1 aromatic heterocycles. The number of hydrogen-bond acceptors (Lipinski definition) is 4. The largest absolute Gasteiger partial charge is 0.349 e. The van der Waals surface area contributed by atoms with Crippen molar-refractivity contribution in [2.45, 2.75) is 32.4 Å².